The van der Waals surface area contributed by atoms with Gasteiger partial charge in [0, 0.05) is 6.42 Å². The Morgan fingerprint density at radius 2 is 0.864 bits per heavy atom. The summed E-state index contributed by atoms with van der Waals surface area (Å²) < 4.78 is 0. The zero-order valence-electron chi connectivity index (χ0n) is 13.7. The zero-order valence-corrected chi connectivity index (χ0v) is 13.7. The fourth-order valence-corrected chi connectivity index (χ4v) is 2.65. The summed E-state index contributed by atoms with van der Waals surface area (Å²) >= 11 is 0. The number of unbranched alkanes of at least 4 members (excludes halogenated alkanes) is 14. The Morgan fingerprint density at radius 3 is 1.14 bits per heavy atom. The molecule has 0 aliphatic carbocycles. The second-order valence-electron chi connectivity index (χ2n) is 6.09. The number of aliphatic carboxylic acids is 1. The first kappa shape index (κ1) is 29.5. The molecule has 0 aromatic heterocycles. The number of carboxylic acids is 1. The number of carbonyl (C=O) groups is 1. The molecule has 0 radical (unpaired) electrons. The van der Waals surface area contributed by atoms with Crippen molar-refractivity contribution in [1.29, 1.82) is 0 Å². The Balaban J connectivity index is -0.00000180. The van der Waals surface area contributed by atoms with Crippen molar-refractivity contribution in [3.05, 3.63) is 0 Å². The van der Waals surface area contributed by atoms with E-state index in [1.807, 2.05) is 0 Å². The van der Waals surface area contributed by atoms with Crippen LogP contribution in [-0.4, -0.2) is 114 Å². The zero-order chi connectivity index (χ0) is 14.9. The molecular weight excluding hydrogens is 326 g/mol. The molecule has 0 bridgehead atoms. The molecule has 0 aliphatic rings. The van der Waals surface area contributed by atoms with Gasteiger partial charge in [-0.15, -0.1) is 0 Å². The maximum absolute atomic E-state index is 10.3. The summed E-state index contributed by atoms with van der Waals surface area (Å²) in [6.45, 7) is 2.27. The molecule has 0 heterocycles. The maximum atomic E-state index is 10.3. The van der Waals surface area contributed by atoms with Gasteiger partial charge in [0.25, 0.3) is 0 Å². The van der Waals surface area contributed by atoms with Gasteiger partial charge in [0.15, 0.2) is 0 Å². The van der Waals surface area contributed by atoms with Crippen LogP contribution < -0.4 is 0 Å². The quantitative estimate of drug-likeness (QED) is 0.308. The molecule has 0 amide bonds. The minimum atomic E-state index is -0.653. The topological polar surface area (TPSA) is 37.3 Å². The van der Waals surface area contributed by atoms with Crippen LogP contribution in [0.5, 0.6) is 0 Å². The van der Waals surface area contributed by atoms with Crippen molar-refractivity contribution in [3.63, 3.8) is 0 Å². The van der Waals surface area contributed by atoms with Crippen LogP contribution in [0.15, 0.2) is 0 Å². The van der Waals surface area contributed by atoms with E-state index in [9.17, 15) is 4.79 Å². The number of hydrogen-bond donors (Lipinski definition) is 1. The number of hydrogen-bond acceptors (Lipinski definition) is 1. The molecule has 124 valence electrons. The first-order valence-electron chi connectivity index (χ1n) is 8.99. The van der Waals surface area contributed by atoms with Crippen molar-refractivity contribution in [2.75, 3.05) is 0 Å². The molecule has 0 rings (SSSR count). The van der Waals surface area contributed by atoms with Gasteiger partial charge in [-0.05, 0) is 6.42 Å². The van der Waals surface area contributed by atoms with Gasteiger partial charge in [0.1, 0.15) is 0 Å². The van der Waals surface area contributed by atoms with Crippen molar-refractivity contribution in [2.24, 2.45) is 0 Å². The molecule has 0 unspecified atom stereocenters. The molecule has 0 spiro atoms. The average molecular weight is 365 g/mol. The molecule has 1 N–H and O–H groups in total. The third kappa shape index (κ3) is 27.6. The van der Waals surface area contributed by atoms with Gasteiger partial charge in [-0.1, -0.05) is 96.8 Å². The predicted molar refractivity (Wildman–Crippen MR) is 101 cm³/mol. The second kappa shape index (κ2) is 26.0. The molecule has 0 saturated carbocycles. The summed E-state index contributed by atoms with van der Waals surface area (Å²) in [6.07, 6.45) is 20.2. The molecule has 22 heavy (non-hydrogen) atoms. The first-order chi connectivity index (χ1) is 9.77. The third-order valence-electron chi connectivity index (χ3n) is 3.99. The fourth-order valence-electron chi connectivity index (χ4n) is 2.65. The molecule has 0 fully saturated rings. The van der Waals surface area contributed by atoms with Gasteiger partial charge in [-0.25, -0.2) is 0 Å². The molecule has 2 nitrogen and oxygen atoms in total. The fraction of sp³-hybridized carbons (Fsp3) is 0.944. The van der Waals surface area contributed by atoms with Crippen molar-refractivity contribution in [2.45, 2.75) is 110 Å². The average Bonchev–Trinajstić information content (AvgIpc) is 2.43. The summed E-state index contributed by atoms with van der Waals surface area (Å²) in [5, 5.41) is 8.52. The standard InChI is InChI=1S/C18H36O2.2K.2H/c1-2-3-4-5-6-7-8-9-10-11-12-13-14-15-16-17-18(19)20;;;;/h2-17H2,1H3,(H,19,20);;;;. The van der Waals surface area contributed by atoms with Crippen LogP contribution in [0.2, 0.25) is 0 Å². The molecule has 4 heteroatoms. The van der Waals surface area contributed by atoms with Gasteiger partial charge < -0.3 is 5.11 Å². The molecule has 0 aromatic rings. The molecule has 0 aliphatic heterocycles. The summed E-state index contributed by atoms with van der Waals surface area (Å²) in [6, 6.07) is 0. The van der Waals surface area contributed by atoms with E-state index in [2.05, 4.69) is 6.92 Å². The van der Waals surface area contributed by atoms with E-state index in [0.717, 1.165) is 12.8 Å². The summed E-state index contributed by atoms with van der Waals surface area (Å²) in [4.78, 5) is 10.3. The predicted octanol–water partition coefficient (Wildman–Crippen LogP) is 5.04. The summed E-state index contributed by atoms with van der Waals surface area (Å²) in [7, 11) is 0. The van der Waals surface area contributed by atoms with E-state index in [1.54, 1.807) is 0 Å². The Bertz CT molecular complexity index is 211. The van der Waals surface area contributed by atoms with E-state index in [0.29, 0.717) is 6.42 Å². The van der Waals surface area contributed by atoms with Crippen LogP contribution in [0.25, 0.3) is 0 Å². The van der Waals surface area contributed by atoms with Crippen molar-refractivity contribution < 1.29 is 9.90 Å². The van der Waals surface area contributed by atoms with E-state index >= 15 is 0 Å². The van der Waals surface area contributed by atoms with Crippen LogP contribution in [0.1, 0.15) is 110 Å². The summed E-state index contributed by atoms with van der Waals surface area (Å²) in [5.74, 6) is -0.653. The first-order valence-corrected chi connectivity index (χ1v) is 8.99. The molecule has 0 atom stereocenters. The Hall–Kier alpha value is 2.74. The Labute approximate surface area is 224 Å². The van der Waals surface area contributed by atoms with E-state index in [4.69, 9.17) is 5.11 Å². The van der Waals surface area contributed by atoms with Gasteiger partial charge in [-0.3, -0.25) is 4.79 Å². The van der Waals surface area contributed by atoms with Crippen molar-refractivity contribution >= 4 is 109 Å². The van der Waals surface area contributed by atoms with Gasteiger partial charge in [0.2, 0.25) is 0 Å². The molecule has 0 saturated heterocycles. The van der Waals surface area contributed by atoms with Gasteiger partial charge >= 0.3 is 109 Å². The van der Waals surface area contributed by atoms with E-state index < -0.39 is 5.97 Å². The Kier molecular flexibility index (Phi) is 34.8. The second-order valence-corrected chi connectivity index (χ2v) is 6.09. The third-order valence-corrected chi connectivity index (χ3v) is 3.99. The summed E-state index contributed by atoms with van der Waals surface area (Å²) in [5.41, 5.74) is 0. The van der Waals surface area contributed by atoms with Crippen LogP contribution in [0.3, 0.4) is 0 Å². The van der Waals surface area contributed by atoms with Crippen molar-refractivity contribution in [1.82, 2.24) is 0 Å². The van der Waals surface area contributed by atoms with Gasteiger partial charge in [-0.2, -0.15) is 0 Å². The van der Waals surface area contributed by atoms with Crippen LogP contribution >= 0.6 is 0 Å². The number of carboxylic acid groups (broad SMARTS) is 1. The minimum absolute atomic E-state index is 0. The SMILES string of the molecule is CCCCCCCCCCCCCCCCCC(=O)O.[KH].[KH]. The van der Waals surface area contributed by atoms with Crippen LogP contribution in [0.4, 0.5) is 0 Å². The molecule has 0 aromatic carbocycles. The van der Waals surface area contributed by atoms with Crippen LogP contribution in [-0.2, 0) is 4.79 Å². The van der Waals surface area contributed by atoms with Gasteiger partial charge in [0.05, 0.1) is 0 Å². The van der Waals surface area contributed by atoms with Crippen LogP contribution in [0, 0.1) is 0 Å². The Morgan fingerprint density at radius 1 is 0.591 bits per heavy atom. The van der Waals surface area contributed by atoms with Crippen molar-refractivity contribution in [3.8, 4) is 0 Å². The number of rotatable bonds is 16. The molecular formula is C18H38K2O2. The normalized spacial score (nSPS) is 9.86. The monoisotopic (exact) mass is 364 g/mol. The van der Waals surface area contributed by atoms with E-state index in [-0.39, 0.29) is 103 Å². The van der Waals surface area contributed by atoms with E-state index in [1.165, 1.54) is 83.5 Å².